The molecule has 0 aliphatic rings. The molecule has 0 unspecified atom stereocenters. The Balaban J connectivity index is 1.83. The predicted octanol–water partition coefficient (Wildman–Crippen LogP) is 5.73. The number of hydrogen-bond donors (Lipinski definition) is 0. The van der Waals surface area contributed by atoms with E-state index in [1.54, 1.807) is 12.1 Å². The van der Waals surface area contributed by atoms with E-state index in [0.29, 0.717) is 0 Å². The molecular weight excluding hydrogens is 348 g/mol. The van der Waals surface area contributed by atoms with Gasteiger partial charge >= 0.3 is 12.1 Å². The monoisotopic (exact) mass is 360 g/mol. The van der Waals surface area contributed by atoms with Gasteiger partial charge in [0.15, 0.2) is 0 Å². The molecule has 26 heavy (non-hydrogen) atoms. The molecule has 0 aromatic heterocycles. The summed E-state index contributed by atoms with van der Waals surface area (Å²) in [5, 5.41) is 0. The van der Waals surface area contributed by atoms with Crippen LogP contribution in [-0.2, 0) is 6.18 Å². The molecule has 3 rings (SSSR count). The highest BCUT2D eigenvalue weighted by Gasteiger charge is 2.36. The standard InChI is InChI=1S/C20H12F4O2/c21-15-8-11-17(18(12-15)20(22,23)24)19(25)26-16-9-6-14(7-10-16)13-4-2-1-3-5-13/h1-12H. The fourth-order valence-corrected chi connectivity index (χ4v) is 2.44. The number of alkyl halides is 3. The molecule has 0 aliphatic heterocycles. The van der Waals surface area contributed by atoms with Crippen molar-refractivity contribution in [3.8, 4) is 16.9 Å². The lowest BCUT2D eigenvalue weighted by molar-refractivity contribution is -0.138. The van der Waals surface area contributed by atoms with Crippen LogP contribution in [0.1, 0.15) is 15.9 Å². The summed E-state index contributed by atoms with van der Waals surface area (Å²) in [4.78, 5) is 12.1. The van der Waals surface area contributed by atoms with Gasteiger partial charge in [-0.1, -0.05) is 42.5 Å². The minimum Gasteiger partial charge on any atom is -0.423 e. The number of ether oxygens (including phenoxy) is 1. The van der Waals surface area contributed by atoms with Gasteiger partial charge in [0.1, 0.15) is 11.6 Å². The SMILES string of the molecule is O=C(Oc1ccc(-c2ccccc2)cc1)c1ccc(F)cc1C(F)(F)F. The summed E-state index contributed by atoms with van der Waals surface area (Å²) < 4.78 is 57.1. The van der Waals surface area contributed by atoms with E-state index in [9.17, 15) is 22.4 Å². The van der Waals surface area contributed by atoms with Gasteiger partial charge in [0, 0.05) is 0 Å². The summed E-state index contributed by atoms with van der Waals surface area (Å²) in [5.74, 6) is -2.20. The first-order chi connectivity index (χ1) is 12.3. The Morgan fingerprint density at radius 3 is 2.04 bits per heavy atom. The molecule has 0 saturated carbocycles. The number of esters is 1. The Hall–Kier alpha value is -3.15. The molecule has 2 nitrogen and oxygen atoms in total. The minimum absolute atomic E-state index is 0.0899. The Morgan fingerprint density at radius 1 is 0.808 bits per heavy atom. The van der Waals surface area contributed by atoms with Crippen LogP contribution in [0, 0.1) is 5.82 Å². The first-order valence-electron chi connectivity index (χ1n) is 7.59. The smallest absolute Gasteiger partial charge is 0.417 e. The minimum atomic E-state index is -4.87. The first kappa shape index (κ1) is 17.7. The number of carbonyl (C=O) groups is 1. The van der Waals surface area contributed by atoms with Gasteiger partial charge in [0.2, 0.25) is 0 Å². The van der Waals surface area contributed by atoms with Gasteiger partial charge in [-0.3, -0.25) is 0 Å². The third-order valence-electron chi connectivity index (χ3n) is 3.68. The number of benzene rings is 3. The molecule has 0 bridgehead atoms. The average Bonchev–Trinajstić information content (AvgIpc) is 2.62. The third kappa shape index (κ3) is 3.91. The van der Waals surface area contributed by atoms with Crippen molar-refractivity contribution in [2.75, 3.05) is 0 Å². The quantitative estimate of drug-likeness (QED) is 0.339. The Kier molecular flexibility index (Phi) is 4.75. The zero-order chi connectivity index (χ0) is 18.7. The number of carbonyl (C=O) groups excluding carboxylic acids is 1. The number of halogens is 4. The molecule has 0 fully saturated rings. The summed E-state index contributed by atoms with van der Waals surface area (Å²) in [6.45, 7) is 0. The summed E-state index contributed by atoms with van der Waals surface area (Å²) in [6.07, 6.45) is -4.87. The number of hydrogen-bond acceptors (Lipinski definition) is 2. The van der Waals surface area contributed by atoms with Crippen LogP contribution in [-0.4, -0.2) is 5.97 Å². The molecule has 3 aromatic carbocycles. The predicted molar refractivity (Wildman–Crippen MR) is 88.2 cm³/mol. The summed E-state index contributed by atoms with van der Waals surface area (Å²) in [7, 11) is 0. The maximum absolute atomic E-state index is 13.1. The van der Waals surface area contributed by atoms with E-state index in [0.717, 1.165) is 23.3 Å². The van der Waals surface area contributed by atoms with E-state index in [4.69, 9.17) is 4.74 Å². The molecule has 0 radical (unpaired) electrons. The molecular formula is C20H12F4O2. The fourth-order valence-electron chi connectivity index (χ4n) is 2.44. The summed E-state index contributed by atoms with van der Waals surface area (Å²) >= 11 is 0. The largest absolute Gasteiger partial charge is 0.423 e. The van der Waals surface area contributed by atoms with Crippen molar-refractivity contribution in [3.63, 3.8) is 0 Å². The second-order valence-electron chi connectivity index (χ2n) is 5.47. The highest BCUT2D eigenvalue weighted by Crippen LogP contribution is 2.33. The topological polar surface area (TPSA) is 26.3 Å². The maximum atomic E-state index is 13.1. The third-order valence-corrected chi connectivity index (χ3v) is 3.68. The van der Waals surface area contributed by atoms with Crippen molar-refractivity contribution in [3.05, 3.63) is 89.7 Å². The molecule has 0 N–H and O–H groups in total. The van der Waals surface area contributed by atoms with E-state index in [2.05, 4.69) is 0 Å². The van der Waals surface area contributed by atoms with Gasteiger partial charge in [-0.05, 0) is 41.5 Å². The lowest BCUT2D eigenvalue weighted by atomic mass is 10.1. The van der Waals surface area contributed by atoms with E-state index in [1.165, 1.54) is 12.1 Å². The lowest BCUT2D eigenvalue weighted by Crippen LogP contribution is -2.17. The van der Waals surface area contributed by atoms with E-state index < -0.39 is 29.1 Å². The molecule has 6 heteroatoms. The number of rotatable bonds is 3. The summed E-state index contributed by atoms with van der Waals surface area (Å²) in [6, 6.07) is 17.6. The van der Waals surface area contributed by atoms with Gasteiger partial charge in [-0.2, -0.15) is 13.2 Å². The van der Waals surface area contributed by atoms with Crippen molar-refractivity contribution in [2.24, 2.45) is 0 Å². The first-order valence-corrected chi connectivity index (χ1v) is 7.59. The second kappa shape index (κ2) is 7.00. The van der Waals surface area contributed by atoms with Crippen LogP contribution in [0.3, 0.4) is 0 Å². The molecule has 0 spiro atoms. The van der Waals surface area contributed by atoms with Crippen LogP contribution in [0.15, 0.2) is 72.8 Å². The van der Waals surface area contributed by atoms with Crippen molar-refractivity contribution in [2.45, 2.75) is 6.18 Å². The highest BCUT2D eigenvalue weighted by molar-refractivity contribution is 5.93. The van der Waals surface area contributed by atoms with Crippen LogP contribution in [0.5, 0.6) is 5.75 Å². The van der Waals surface area contributed by atoms with Gasteiger partial charge < -0.3 is 4.74 Å². The van der Waals surface area contributed by atoms with Crippen molar-refractivity contribution < 1.29 is 27.1 Å². The van der Waals surface area contributed by atoms with Crippen molar-refractivity contribution in [1.29, 1.82) is 0 Å². The molecule has 3 aromatic rings. The van der Waals surface area contributed by atoms with Crippen molar-refractivity contribution in [1.82, 2.24) is 0 Å². The Labute approximate surface area is 146 Å². The van der Waals surface area contributed by atoms with Gasteiger partial charge in [-0.25, -0.2) is 9.18 Å². The van der Waals surface area contributed by atoms with Crippen molar-refractivity contribution >= 4 is 5.97 Å². The average molecular weight is 360 g/mol. The van der Waals surface area contributed by atoms with E-state index >= 15 is 0 Å². The zero-order valence-electron chi connectivity index (χ0n) is 13.3. The van der Waals surface area contributed by atoms with Crippen LogP contribution in [0.25, 0.3) is 11.1 Å². The van der Waals surface area contributed by atoms with Crippen LogP contribution in [0.2, 0.25) is 0 Å². The van der Waals surface area contributed by atoms with Crippen LogP contribution >= 0.6 is 0 Å². The lowest BCUT2D eigenvalue weighted by Gasteiger charge is -2.12. The molecule has 0 amide bonds. The molecule has 0 aliphatic carbocycles. The maximum Gasteiger partial charge on any atom is 0.417 e. The van der Waals surface area contributed by atoms with Crippen LogP contribution in [0.4, 0.5) is 17.6 Å². The Morgan fingerprint density at radius 2 is 1.42 bits per heavy atom. The fraction of sp³-hybridized carbons (Fsp3) is 0.0500. The van der Waals surface area contributed by atoms with E-state index in [-0.39, 0.29) is 11.8 Å². The van der Waals surface area contributed by atoms with Gasteiger partial charge in [-0.15, -0.1) is 0 Å². The van der Waals surface area contributed by atoms with Gasteiger partial charge in [0.25, 0.3) is 0 Å². The highest BCUT2D eigenvalue weighted by atomic mass is 19.4. The zero-order valence-corrected chi connectivity index (χ0v) is 13.3. The van der Waals surface area contributed by atoms with Gasteiger partial charge in [0.05, 0.1) is 11.1 Å². The molecule has 0 atom stereocenters. The van der Waals surface area contributed by atoms with Crippen LogP contribution < -0.4 is 4.74 Å². The normalized spacial score (nSPS) is 11.2. The molecule has 0 saturated heterocycles. The molecule has 0 heterocycles. The Bertz CT molecular complexity index is 917. The summed E-state index contributed by atoms with van der Waals surface area (Å²) in [5.41, 5.74) is -0.305. The van der Waals surface area contributed by atoms with E-state index in [1.807, 2.05) is 30.3 Å². The second-order valence-corrected chi connectivity index (χ2v) is 5.47. The molecule has 132 valence electrons.